The monoisotopic (exact) mass is 271 g/mol. The maximum absolute atomic E-state index is 12.3. The average Bonchev–Trinajstić information content (AvgIpc) is 2.82. The number of fused-ring (bicyclic) bond motifs is 1. The molecule has 1 amide bonds. The van der Waals surface area contributed by atoms with Gasteiger partial charge >= 0.3 is 0 Å². The summed E-state index contributed by atoms with van der Waals surface area (Å²) >= 11 is 0. The number of nitrogens with one attached hydrogen (secondary N) is 3. The standard InChI is InChI=1S/C16H21N3O/c1-16(6-8-17-9-7-16)19-15(20)10-12-11-18-14-5-3-2-4-13(12)14/h2-5,11,17-18H,6-10H2,1H3,(H,19,20). The summed E-state index contributed by atoms with van der Waals surface area (Å²) in [7, 11) is 0. The van der Waals surface area contributed by atoms with E-state index in [9.17, 15) is 4.79 Å². The fourth-order valence-corrected chi connectivity index (χ4v) is 2.94. The molecular formula is C16H21N3O. The van der Waals surface area contributed by atoms with Crippen molar-refractivity contribution in [3.63, 3.8) is 0 Å². The highest BCUT2D eigenvalue weighted by molar-refractivity contribution is 5.89. The number of H-pyrrole nitrogens is 1. The smallest absolute Gasteiger partial charge is 0.224 e. The number of hydrogen-bond donors (Lipinski definition) is 3. The maximum Gasteiger partial charge on any atom is 0.224 e. The number of hydrogen-bond acceptors (Lipinski definition) is 2. The zero-order valence-corrected chi connectivity index (χ0v) is 11.8. The SMILES string of the molecule is CC1(NC(=O)Cc2c[nH]c3ccccc23)CCNCC1. The quantitative estimate of drug-likeness (QED) is 0.799. The molecule has 2 heterocycles. The number of benzene rings is 1. The van der Waals surface area contributed by atoms with Crippen LogP contribution in [0, 0.1) is 0 Å². The number of rotatable bonds is 3. The van der Waals surface area contributed by atoms with E-state index in [1.54, 1.807) is 0 Å². The predicted octanol–water partition coefficient (Wildman–Crippen LogP) is 1.97. The molecule has 0 spiro atoms. The molecule has 4 heteroatoms. The summed E-state index contributed by atoms with van der Waals surface area (Å²) in [5.41, 5.74) is 2.09. The van der Waals surface area contributed by atoms with Crippen LogP contribution in [0.5, 0.6) is 0 Å². The summed E-state index contributed by atoms with van der Waals surface area (Å²) in [6, 6.07) is 8.09. The molecule has 2 aromatic rings. The van der Waals surface area contributed by atoms with E-state index in [2.05, 4.69) is 28.6 Å². The van der Waals surface area contributed by atoms with E-state index in [0.717, 1.165) is 42.4 Å². The van der Waals surface area contributed by atoms with Gasteiger partial charge in [-0.15, -0.1) is 0 Å². The van der Waals surface area contributed by atoms with Crippen LogP contribution < -0.4 is 10.6 Å². The molecule has 1 saturated heterocycles. The molecule has 0 bridgehead atoms. The van der Waals surface area contributed by atoms with E-state index in [1.807, 2.05) is 24.4 Å². The number of carbonyl (C=O) groups excluding carboxylic acids is 1. The number of aromatic nitrogens is 1. The molecule has 0 unspecified atom stereocenters. The second-order valence-corrected chi connectivity index (χ2v) is 5.90. The summed E-state index contributed by atoms with van der Waals surface area (Å²) in [5.74, 6) is 0.110. The van der Waals surface area contributed by atoms with Crippen LogP contribution in [0.2, 0.25) is 0 Å². The third kappa shape index (κ3) is 2.70. The number of carbonyl (C=O) groups is 1. The van der Waals surface area contributed by atoms with Gasteiger partial charge in [-0.2, -0.15) is 0 Å². The molecule has 20 heavy (non-hydrogen) atoms. The molecule has 1 fully saturated rings. The van der Waals surface area contributed by atoms with Gasteiger partial charge in [-0.05, 0) is 44.5 Å². The lowest BCUT2D eigenvalue weighted by Crippen LogP contribution is -2.52. The van der Waals surface area contributed by atoms with E-state index in [1.165, 1.54) is 0 Å². The van der Waals surface area contributed by atoms with E-state index in [0.29, 0.717) is 6.42 Å². The lowest BCUT2D eigenvalue weighted by atomic mass is 9.90. The van der Waals surface area contributed by atoms with Gasteiger partial charge in [0, 0.05) is 22.6 Å². The highest BCUT2D eigenvalue weighted by Crippen LogP contribution is 2.20. The largest absolute Gasteiger partial charge is 0.361 e. The number of piperidine rings is 1. The molecule has 4 nitrogen and oxygen atoms in total. The van der Waals surface area contributed by atoms with Gasteiger partial charge in [-0.1, -0.05) is 18.2 Å². The Morgan fingerprint density at radius 2 is 2.05 bits per heavy atom. The van der Waals surface area contributed by atoms with Gasteiger partial charge < -0.3 is 15.6 Å². The first-order valence-electron chi connectivity index (χ1n) is 7.23. The zero-order valence-electron chi connectivity index (χ0n) is 11.8. The van der Waals surface area contributed by atoms with Crippen LogP contribution in [-0.4, -0.2) is 29.5 Å². The first kappa shape index (κ1) is 13.2. The van der Waals surface area contributed by atoms with Crippen LogP contribution in [0.15, 0.2) is 30.5 Å². The minimum atomic E-state index is -0.0611. The van der Waals surface area contributed by atoms with Crippen molar-refractivity contribution in [3.05, 3.63) is 36.0 Å². The molecule has 3 N–H and O–H groups in total. The summed E-state index contributed by atoms with van der Waals surface area (Å²) < 4.78 is 0. The Bertz CT molecular complexity index is 611. The fraction of sp³-hybridized carbons (Fsp3) is 0.438. The molecule has 0 aliphatic carbocycles. The van der Waals surface area contributed by atoms with Crippen LogP contribution in [-0.2, 0) is 11.2 Å². The maximum atomic E-state index is 12.3. The second kappa shape index (κ2) is 5.29. The Labute approximate surface area is 118 Å². The van der Waals surface area contributed by atoms with Crippen LogP contribution >= 0.6 is 0 Å². The van der Waals surface area contributed by atoms with Crippen molar-refractivity contribution < 1.29 is 4.79 Å². The van der Waals surface area contributed by atoms with Crippen molar-refractivity contribution in [2.45, 2.75) is 31.7 Å². The minimum Gasteiger partial charge on any atom is -0.361 e. The van der Waals surface area contributed by atoms with Crippen molar-refractivity contribution >= 4 is 16.8 Å². The molecule has 0 atom stereocenters. The van der Waals surface area contributed by atoms with E-state index in [4.69, 9.17) is 0 Å². The summed E-state index contributed by atoms with van der Waals surface area (Å²) in [6.07, 6.45) is 4.36. The fourth-order valence-electron chi connectivity index (χ4n) is 2.94. The molecule has 3 rings (SSSR count). The van der Waals surface area contributed by atoms with Gasteiger partial charge in [0.05, 0.1) is 6.42 Å². The van der Waals surface area contributed by atoms with Gasteiger partial charge in [0.25, 0.3) is 0 Å². The summed E-state index contributed by atoms with van der Waals surface area (Å²) in [5, 5.41) is 7.67. The first-order valence-corrected chi connectivity index (χ1v) is 7.23. The van der Waals surface area contributed by atoms with Crippen molar-refractivity contribution in [2.24, 2.45) is 0 Å². The van der Waals surface area contributed by atoms with Gasteiger partial charge in [0.1, 0.15) is 0 Å². The normalized spacial score (nSPS) is 18.1. The van der Waals surface area contributed by atoms with Gasteiger partial charge in [0.2, 0.25) is 5.91 Å². The molecule has 1 aromatic heterocycles. The molecule has 0 saturated carbocycles. The molecule has 1 aliphatic rings. The van der Waals surface area contributed by atoms with Crippen molar-refractivity contribution in [1.29, 1.82) is 0 Å². The minimum absolute atomic E-state index is 0.0611. The van der Waals surface area contributed by atoms with Crippen molar-refractivity contribution in [1.82, 2.24) is 15.6 Å². The Kier molecular flexibility index (Phi) is 3.49. The predicted molar refractivity (Wildman–Crippen MR) is 80.7 cm³/mol. The van der Waals surface area contributed by atoms with Gasteiger partial charge in [0.15, 0.2) is 0 Å². The number of amides is 1. The molecule has 0 radical (unpaired) electrons. The van der Waals surface area contributed by atoms with Crippen molar-refractivity contribution in [2.75, 3.05) is 13.1 Å². The number of aromatic amines is 1. The lowest BCUT2D eigenvalue weighted by Gasteiger charge is -2.35. The van der Waals surface area contributed by atoms with Crippen LogP contribution in [0.4, 0.5) is 0 Å². The van der Waals surface area contributed by atoms with Crippen LogP contribution in [0.1, 0.15) is 25.3 Å². The Balaban J connectivity index is 1.69. The summed E-state index contributed by atoms with van der Waals surface area (Å²) in [6.45, 7) is 4.09. The summed E-state index contributed by atoms with van der Waals surface area (Å²) in [4.78, 5) is 15.5. The molecule has 106 valence electrons. The van der Waals surface area contributed by atoms with Crippen LogP contribution in [0.25, 0.3) is 10.9 Å². The van der Waals surface area contributed by atoms with E-state index >= 15 is 0 Å². The van der Waals surface area contributed by atoms with Crippen LogP contribution in [0.3, 0.4) is 0 Å². The third-order valence-electron chi connectivity index (χ3n) is 4.17. The lowest BCUT2D eigenvalue weighted by molar-refractivity contribution is -0.122. The Hall–Kier alpha value is -1.81. The van der Waals surface area contributed by atoms with Gasteiger partial charge in [-0.25, -0.2) is 0 Å². The first-order chi connectivity index (χ1) is 9.66. The molecular weight excluding hydrogens is 250 g/mol. The second-order valence-electron chi connectivity index (χ2n) is 5.90. The van der Waals surface area contributed by atoms with Gasteiger partial charge in [-0.3, -0.25) is 4.79 Å². The van der Waals surface area contributed by atoms with Crippen molar-refractivity contribution in [3.8, 4) is 0 Å². The van der Waals surface area contributed by atoms with E-state index in [-0.39, 0.29) is 11.4 Å². The molecule has 1 aromatic carbocycles. The Morgan fingerprint density at radius 1 is 1.30 bits per heavy atom. The average molecular weight is 271 g/mol. The van der Waals surface area contributed by atoms with E-state index < -0.39 is 0 Å². The number of para-hydroxylation sites is 1. The molecule has 1 aliphatic heterocycles. The zero-order chi connectivity index (χ0) is 14.0. The topological polar surface area (TPSA) is 56.9 Å². The third-order valence-corrected chi connectivity index (χ3v) is 4.17. The Morgan fingerprint density at radius 3 is 2.85 bits per heavy atom. The highest BCUT2D eigenvalue weighted by Gasteiger charge is 2.28. The highest BCUT2D eigenvalue weighted by atomic mass is 16.1.